The largest absolute Gasteiger partial charge is 0.395 e. The first-order valence-electron chi connectivity index (χ1n) is 6.41. The number of hydrogen-bond acceptors (Lipinski definition) is 7. The molecule has 1 aliphatic rings. The molecule has 0 radical (unpaired) electrons. The third-order valence-electron chi connectivity index (χ3n) is 3.24. The van der Waals surface area contributed by atoms with E-state index in [2.05, 4.69) is 15.3 Å². The normalized spacial score (nSPS) is 18.1. The fourth-order valence-corrected chi connectivity index (χ4v) is 3.38. The first-order valence-corrected chi connectivity index (χ1v) is 7.85. The number of sulfonamides is 1. The predicted molar refractivity (Wildman–Crippen MR) is 73.9 cm³/mol. The van der Waals surface area contributed by atoms with E-state index in [1.807, 2.05) is 4.90 Å². The second kappa shape index (κ2) is 6.44. The topological polar surface area (TPSA) is 98.7 Å². The molecule has 0 unspecified atom stereocenters. The summed E-state index contributed by atoms with van der Waals surface area (Å²) in [5.74, 6) is 0.386. The Bertz CT molecular complexity index is 525. The number of aromatic nitrogens is 2. The van der Waals surface area contributed by atoms with Gasteiger partial charge in [-0.25, -0.2) is 18.4 Å². The van der Waals surface area contributed by atoms with Crippen LogP contribution in [-0.2, 0) is 10.0 Å². The van der Waals surface area contributed by atoms with E-state index in [0.29, 0.717) is 38.7 Å². The third kappa shape index (κ3) is 3.23. The molecule has 0 atom stereocenters. The fourth-order valence-electron chi connectivity index (χ4n) is 2.06. The fraction of sp³-hybridized carbons (Fsp3) is 0.636. The molecular formula is C11H19N5O3S. The molecule has 1 aromatic heterocycles. The molecule has 0 spiro atoms. The van der Waals surface area contributed by atoms with E-state index in [9.17, 15) is 8.42 Å². The lowest BCUT2D eigenvalue weighted by Crippen LogP contribution is -2.49. The molecule has 2 rings (SSSR count). The lowest BCUT2D eigenvalue weighted by atomic mass is 10.4. The SMILES string of the molecule is CNc1ncc(S(=O)(=O)N2CCN(CCO)CC2)cn1. The minimum atomic E-state index is -3.53. The summed E-state index contributed by atoms with van der Waals surface area (Å²) in [6.07, 6.45) is 2.63. The van der Waals surface area contributed by atoms with Crippen molar-refractivity contribution >= 4 is 16.0 Å². The van der Waals surface area contributed by atoms with Crippen LogP contribution in [0.5, 0.6) is 0 Å². The van der Waals surface area contributed by atoms with Crippen molar-refractivity contribution in [1.82, 2.24) is 19.2 Å². The Hall–Kier alpha value is -1.29. The van der Waals surface area contributed by atoms with Crippen LogP contribution in [0.2, 0.25) is 0 Å². The highest BCUT2D eigenvalue weighted by atomic mass is 32.2. The maximum Gasteiger partial charge on any atom is 0.246 e. The molecule has 1 fully saturated rings. The lowest BCUT2D eigenvalue weighted by Gasteiger charge is -2.33. The summed E-state index contributed by atoms with van der Waals surface area (Å²) >= 11 is 0. The van der Waals surface area contributed by atoms with Gasteiger partial charge in [-0.15, -0.1) is 0 Å². The predicted octanol–water partition coefficient (Wildman–Crippen LogP) is -1.18. The van der Waals surface area contributed by atoms with Crippen LogP contribution in [0.3, 0.4) is 0 Å². The number of anilines is 1. The average molecular weight is 301 g/mol. The van der Waals surface area contributed by atoms with Gasteiger partial charge >= 0.3 is 0 Å². The average Bonchev–Trinajstić information content (AvgIpc) is 2.48. The van der Waals surface area contributed by atoms with E-state index in [-0.39, 0.29) is 11.5 Å². The molecule has 1 aliphatic heterocycles. The first kappa shape index (κ1) is 15.1. The van der Waals surface area contributed by atoms with Crippen molar-refractivity contribution in [2.45, 2.75) is 4.90 Å². The van der Waals surface area contributed by atoms with Crippen LogP contribution in [0.1, 0.15) is 0 Å². The monoisotopic (exact) mass is 301 g/mol. The molecule has 0 aromatic carbocycles. The maximum atomic E-state index is 12.4. The molecule has 20 heavy (non-hydrogen) atoms. The number of rotatable bonds is 5. The number of aliphatic hydroxyl groups is 1. The zero-order valence-corrected chi connectivity index (χ0v) is 12.2. The molecule has 0 saturated carbocycles. The molecule has 1 saturated heterocycles. The minimum Gasteiger partial charge on any atom is -0.395 e. The number of hydrogen-bond donors (Lipinski definition) is 2. The molecule has 0 amide bonds. The van der Waals surface area contributed by atoms with Gasteiger partial charge in [0, 0.05) is 39.8 Å². The zero-order valence-electron chi connectivity index (χ0n) is 11.4. The van der Waals surface area contributed by atoms with Gasteiger partial charge in [0.1, 0.15) is 4.90 Å². The summed E-state index contributed by atoms with van der Waals surface area (Å²) in [6.45, 7) is 2.73. The number of β-amino-alcohol motifs (C(OH)–C–C–N with tert-alkyl or cyclic N) is 1. The van der Waals surface area contributed by atoms with E-state index in [1.165, 1.54) is 16.7 Å². The van der Waals surface area contributed by atoms with Crippen LogP contribution < -0.4 is 5.32 Å². The molecule has 0 aliphatic carbocycles. The second-order valence-corrected chi connectivity index (χ2v) is 6.40. The quantitative estimate of drug-likeness (QED) is 0.706. The summed E-state index contributed by atoms with van der Waals surface area (Å²) < 4.78 is 26.2. The van der Waals surface area contributed by atoms with Crippen molar-refractivity contribution in [2.75, 3.05) is 51.7 Å². The van der Waals surface area contributed by atoms with Crippen molar-refractivity contribution < 1.29 is 13.5 Å². The van der Waals surface area contributed by atoms with Crippen LogP contribution in [0.25, 0.3) is 0 Å². The van der Waals surface area contributed by atoms with Gasteiger partial charge in [-0.3, -0.25) is 4.90 Å². The Kier molecular flexibility index (Phi) is 4.86. The summed E-state index contributed by atoms with van der Waals surface area (Å²) in [5.41, 5.74) is 0. The first-order chi connectivity index (χ1) is 9.57. The Balaban J connectivity index is 2.07. The van der Waals surface area contributed by atoms with Crippen LogP contribution >= 0.6 is 0 Å². The summed E-state index contributed by atoms with van der Waals surface area (Å²) in [7, 11) is -1.86. The van der Waals surface area contributed by atoms with Crippen molar-refractivity contribution in [3.63, 3.8) is 0 Å². The molecule has 0 bridgehead atoms. The molecule has 2 N–H and O–H groups in total. The van der Waals surface area contributed by atoms with Crippen LogP contribution in [0.15, 0.2) is 17.3 Å². The van der Waals surface area contributed by atoms with Gasteiger partial charge in [0.05, 0.1) is 19.0 Å². The number of aliphatic hydroxyl groups excluding tert-OH is 1. The molecule has 2 heterocycles. The van der Waals surface area contributed by atoms with E-state index in [0.717, 1.165) is 0 Å². The number of nitrogens with one attached hydrogen (secondary N) is 1. The summed E-state index contributed by atoms with van der Waals surface area (Å²) in [6, 6.07) is 0. The number of piperazine rings is 1. The minimum absolute atomic E-state index is 0.0894. The van der Waals surface area contributed by atoms with Gasteiger partial charge in [-0.2, -0.15) is 4.31 Å². The Morgan fingerprint density at radius 1 is 1.25 bits per heavy atom. The standard InChI is InChI=1S/C11H19N5O3S/c1-12-11-13-8-10(9-14-11)20(18,19)16-4-2-15(3-5-16)6-7-17/h8-9,17H,2-7H2,1H3,(H,12,13,14). The Morgan fingerprint density at radius 3 is 2.35 bits per heavy atom. The third-order valence-corrected chi connectivity index (χ3v) is 5.09. The molecule has 1 aromatic rings. The van der Waals surface area contributed by atoms with Gasteiger partial charge in [0.15, 0.2) is 0 Å². The highest BCUT2D eigenvalue weighted by molar-refractivity contribution is 7.89. The Labute approximate surface area is 118 Å². The zero-order chi connectivity index (χ0) is 14.6. The lowest BCUT2D eigenvalue weighted by molar-refractivity contribution is 0.151. The van der Waals surface area contributed by atoms with Crippen LogP contribution in [0.4, 0.5) is 5.95 Å². The van der Waals surface area contributed by atoms with E-state index in [1.54, 1.807) is 7.05 Å². The van der Waals surface area contributed by atoms with E-state index in [4.69, 9.17) is 5.11 Å². The van der Waals surface area contributed by atoms with Gasteiger partial charge in [0.25, 0.3) is 0 Å². The molecule has 9 heteroatoms. The highest BCUT2D eigenvalue weighted by Crippen LogP contribution is 2.16. The van der Waals surface area contributed by atoms with Crippen molar-refractivity contribution in [3.8, 4) is 0 Å². The molecule has 112 valence electrons. The van der Waals surface area contributed by atoms with Gasteiger partial charge in [-0.1, -0.05) is 0 Å². The van der Waals surface area contributed by atoms with E-state index >= 15 is 0 Å². The molecule has 8 nitrogen and oxygen atoms in total. The van der Waals surface area contributed by atoms with Crippen molar-refractivity contribution in [3.05, 3.63) is 12.4 Å². The molecular weight excluding hydrogens is 282 g/mol. The maximum absolute atomic E-state index is 12.4. The summed E-state index contributed by atoms with van der Waals surface area (Å²) in [5, 5.41) is 11.6. The Morgan fingerprint density at radius 2 is 1.85 bits per heavy atom. The van der Waals surface area contributed by atoms with Crippen LogP contribution in [-0.4, -0.2) is 79.1 Å². The highest BCUT2D eigenvalue weighted by Gasteiger charge is 2.28. The van der Waals surface area contributed by atoms with Crippen LogP contribution in [0, 0.1) is 0 Å². The van der Waals surface area contributed by atoms with Crippen molar-refractivity contribution in [2.24, 2.45) is 0 Å². The van der Waals surface area contributed by atoms with Gasteiger partial charge in [-0.05, 0) is 0 Å². The van der Waals surface area contributed by atoms with Crippen molar-refractivity contribution in [1.29, 1.82) is 0 Å². The van der Waals surface area contributed by atoms with E-state index < -0.39 is 10.0 Å². The van der Waals surface area contributed by atoms with Gasteiger partial charge in [0.2, 0.25) is 16.0 Å². The number of nitrogens with zero attached hydrogens (tertiary/aromatic N) is 4. The second-order valence-electron chi connectivity index (χ2n) is 4.46. The smallest absolute Gasteiger partial charge is 0.246 e. The summed E-state index contributed by atoms with van der Waals surface area (Å²) in [4.78, 5) is 10.0. The van der Waals surface area contributed by atoms with Gasteiger partial charge < -0.3 is 10.4 Å².